The van der Waals surface area contributed by atoms with Crippen LogP contribution in [-0.4, -0.2) is 16.0 Å². The summed E-state index contributed by atoms with van der Waals surface area (Å²) in [6.07, 6.45) is -3.92. The molecule has 1 rings (SSSR count). The van der Waals surface area contributed by atoms with E-state index in [1.807, 2.05) is 0 Å². The van der Waals surface area contributed by atoms with Gasteiger partial charge < -0.3 is 0 Å². The minimum Gasteiger partial charge on any atom is -0.298 e. The highest BCUT2D eigenvalue weighted by molar-refractivity contribution is 9.10. The van der Waals surface area contributed by atoms with Crippen molar-refractivity contribution in [3.8, 4) is 0 Å². The van der Waals surface area contributed by atoms with Crippen LogP contribution in [-0.2, 0) is 13.0 Å². The van der Waals surface area contributed by atoms with Gasteiger partial charge in [0.25, 0.3) is 5.56 Å². The Balaban J connectivity index is 3.06. The van der Waals surface area contributed by atoms with E-state index >= 15 is 0 Å². The molecule has 0 fully saturated rings. The highest BCUT2D eigenvalue weighted by Gasteiger charge is 2.29. The summed E-state index contributed by atoms with van der Waals surface area (Å²) >= 11 is 2.94. The van der Waals surface area contributed by atoms with Crippen LogP contribution < -0.4 is 5.56 Å². The van der Waals surface area contributed by atoms with Crippen molar-refractivity contribution in [2.24, 2.45) is 0 Å². The number of halogens is 4. The molecule has 0 amide bonds. The van der Waals surface area contributed by atoms with Gasteiger partial charge in [-0.25, -0.2) is 4.68 Å². The van der Waals surface area contributed by atoms with Gasteiger partial charge in [-0.3, -0.25) is 9.89 Å². The van der Waals surface area contributed by atoms with Crippen LogP contribution in [0.15, 0.2) is 9.27 Å². The molecule has 7 heteroatoms. The summed E-state index contributed by atoms with van der Waals surface area (Å²) in [6, 6.07) is 0. The maximum absolute atomic E-state index is 12.0. The zero-order valence-corrected chi connectivity index (χ0v) is 8.87. The van der Waals surface area contributed by atoms with Gasteiger partial charge in [0.1, 0.15) is 11.0 Å². The average molecular weight is 273 g/mol. The SMILES string of the molecule is CCc1[nH]n(CC(F)(F)F)c(=O)c1Br. The van der Waals surface area contributed by atoms with Crippen LogP contribution >= 0.6 is 15.9 Å². The highest BCUT2D eigenvalue weighted by Crippen LogP contribution is 2.17. The number of aromatic nitrogens is 2. The summed E-state index contributed by atoms with van der Waals surface area (Å²) in [7, 11) is 0. The minimum absolute atomic E-state index is 0.171. The molecular weight excluding hydrogens is 265 g/mol. The first-order valence-electron chi connectivity index (χ1n) is 3.89. The van der Waals surface area contributed by atoms with Crippen molar-refractivity contribution in [2.45, 2.75) is 26.1 Å². The summed E-state index contributed by atoms with van der Waals surface area (Å²) in [5.41, 5.74) is -0.210. The maximum atomic E-state index is 12.0. The molecule has 0 bridgehead atoms. The summed E-state index contributed by atoms with van der Waals surface area (Å²) in [4.78, 5) is 11.2. The van der Waals surface area contributed by atoms with E-state index in [4.69, 9.17) is 0 Å². The number of alkyl halides is 3. The lowest BCUT2D eigenvalue weighted by atomic mass is 10.3. The molecule has 0 aromatic carbocycles. The van der Waals surface area contributed by atoms with E-state index in [0.717, 1.165) is 0 Å². The fourth-order valence-corrected chi connectivity index (χ4v) is 1.62. The Kier molecular flexibility index (Phi) is 3.08. The molecule has 0 aliphatic heterocycles. The van der Waals surface area contributed by atoms with E-state index in [0.29, 0.717) is 16.8 Å². The van der Waals surface area contributed by atoms with Crippen LogP contribution in [0, 0.1) is 0 Å². The molecule has 0 atom stereocenters. The third kappa shape index (κ3) is 2.40. The van der Waals surface area contributed by atoms with E-state index < -0.39 is 18.3 Å². The van der Waals surface area contributed by atoms with Crippen LogP contribution in [0.25, 0.3) is 0 Å². The number of hydrogen-bond acceptors (Lipinski definition) is 1. The summed E-state index contributed by atoms with van der Waals surface area (Å²) in [6.45, 7) is 0.457. The maximum Gasteiger partial charge on any atom is 0.408 e. The fourth-order valence-electron chi connectivity index (χ4n) is 1.04. The summed E-state index contributed by atoms with van der Waals surface area (Å²) in [5.74, 6) is 0. The standard InChI is InChI=1S/C7H8BrF3N2O/c1-2-4-5(8)6(14)13(12-4)3-7(9,10)11/h12H,2-3H2,1H3. The average Bonchev–Trinajstić information content (AvgIpc) is 2.30. The van der Waals surface area contributed by atoms with Gasteiger partial charge in [-0.15, -0.1) is 0 Å². The van der Waals surface area contributed by atoms with Crippen molar-refractivity contribution >= 4 is 15.9 Å². The Morgan fingerprint density at radius 2 is 2.07 bits per heavy atom. The topological polar surface area (TPSA) is 37.8 Å². The van der Waals surface area contributed by atoms with Gasteiger partial charge in [-0.1, -0.05) is 6.92 Å². The second kappa shape index (κ2) is 3.80. The highest BCUT2D eigenvalue weighted by atomic mass is 79.9. The number of H-pyrrole nitrogens is 1. The molecule has 1 heterocycles. The van der Waals surface area contributed by atoms with Crippen LogP contribution in [0.3, 0.4) is 0 Å². The third-order valence-electron chi connectivity index (χ3n) is 1.66. The van der Waals surface area contributed by atoms with Crippen molar-refractivity contribution in [3.63, 3.8) is 0 Å². The third-order valence-corrected chi connectivity index (χ3v) is 2.48. The predicted octanol–water partition coefficient (Wildman–Crippen LogP) is 2.06. The fraction of sp³-hybridized carbons (Fsp3) is 0.571. The zero-order valence-electron chi connectivity index (χ0n) is 7.28. The number of rotatable bonds is 2. The second-order valence-corrected chi connectivity index (χ2v) is 3.56. The van der Waals surface area contributed by atoms with E-state index in [9.17, 15) is 18.0 Å². The van der Waals surface area contributed by atoms with Gasteiger partial charge in [-0.05, 0) is 22.4 Å². The Morgan fingerprint density at radius 3 is 2.43 bits per heavy atom. The normalized spacial score (nSPS) is 12.1. The Morgan fingerprint density at radius 1 is 1.50 bits per heavy atom. The van der Waals surface area contributed by atoms with Crippen molar-refractivity contribution in [1.29, 1.82) is 0 Å². The van der Waals surface area contributed by atoms with E-state index in [1.54, 1.807) is 6.92 Å². The first-order valence-corrected chi connectivity index (χ1v) is 4.68. The number of hydrogen-bond donors (Lipinski definition) is 1. The monoisotopic (exact) mass is 272 g/mol. The van der Waals surface area contributed by atoms with Crippen molar-refractivity contribution in [1.82, 2.24) is 9.78 Å². The number of aromatic amines is 1. The molecule has 0 spiro atoms. The lowest BCUT2D eigenvalue weighted by Crippen LogP contribution is -2.26. The van der Waals surface area contributed by atoms with Crippen molar-refractivity contribution < 1.29 is 13.2 Å². The molecule has 1 aromatic rings. The Labute approximate surface area is 86.0 Å². The summed E-state index contributed by atoms with van der Waals surface area (Å²) in [5, 5.41) is 2.39. The first kappa shape index (κ1) is 11.4. The van der Waals surface area contributed by atoms with Crippen LogP contribution in [0.2, 0.25) is 0 Å². The Hall–Kier alpha value is -0.720. The van der Waals surface area contributed by atoms with Gasteiger partial charge in [0.05, 0.1) is 5.69 Å². The molecule has 0 unspecified atom stereocenters. The molecule has 0 aliphatic carbocycles. The smallest absolute Gasteiger partial charge is 0.298 e. The largest absolute Gasteiger partial charge is 0.408 e. The van der Waals surface area contributed by atoms with Crippen LogP contribution in [0.5, 0.6) is 0 Å². The molecule has 0 aliphatic rings. The number of nitrogens with zero attached hydrogens (tertiary/aromatic N) is 1. The number of nitrogens with one attached hydrogen (secondary N) is 1. The molecule has 0 radical (unpaired) electrons. The van der Waals surface area contributed by atoms with E-state index in [1.165, 1.54) is 0 Å². The zero-order chi connectivity index (χ0) is 10.9. The first-order chi connectivity index (χ1) is 6.35. The van der Waals surface area contributed by atoms with Crippen LogP contribution in [0.4, 0.5) is 13.2 Å². The predicted molar refractivity (Wildman–Crippen MR) is 48.2 cm³/mol. The minimum atomic E-state index is -4.39. The molecule has 80 valence electrons. The molecule has 14 heavy (non-hydrogen) atoms. The molecule has 0 saturated carbocycles. The van der Waals surface area contributed by atoms with Gasteiger partial charge in [-0.2, -0.15) is 13.2 Å². The lowest BCUT2D eigenvalue weighted by Gasteiger charge is -2.05. The van der Waals surface area contributed by atoms with E-state index in [-0.39, 0.29) is 4.47 Å². The van der Waals surface area contributed by atoms with Crippen molar-refractivity contribution in [3.05, 3.63) is 20.5 Å². The van der Waals surface area contributed by atoms with Crippen molar-refractivity contribution in [2.75, 3.05) is 0 Å². The molecule has 1 N–H and O–H groups in total. The van der Waals surface area contributed by atoms with Gasteiger partial charge >= 0.3 is 6.18 Å². The molecule has 3 nitrogen and oxygen atoms in total. The quantitative estimate of drug-likeness (QED) is 0.880. The van der Waals surface area contributed by atoms with Crippen LogP contribution in [0.1, 0.15) is 12.6 Å². The van der Waals surface area contributed by atoms with Gasteiger partial charge in [0.2, 0.25) is 0 Å². The van der Waals surface area contributed by atoms with Gasteiger partial charge in [0.15, 0.2) is 0 Å². The molecule has 1 aromatic heterocycles. The second-order valence-electron chi connectivity index (χ2n) is 2.76. The van der Waals surface area contributed by atoms with Gasteiger partial charge in [0, 0.05) is 0 Å². The van der Waals surface area contributed by atoms with E-state index in [2.05, 4.69) is 21.0 Å². The number of aryl methyl sites for hydroxylation is 1. The molecule has 0 saturated heterocycles. The summed E-state index contributed by atoms with van der Waals surface area (Å²) < 4.78 is 36.6. The lowest BCUT2D eigenvalue weighted by molar-refractivity contribution is -0.143. The Bertz CT molecular complexity index is 379. The molecular formula is C7H8BrF3N2O.